The van der Waals surface area contributed by atoms with Crippen LogP contribution in [0.15, 0.2) is 59.0 Å². The van der Waals surface area contributed by atoms with Crippen LogP contribution < -0.4 is 4.90 Å². The Morgan fingerprint density at radius 1 is 0.976 bits per heavy atom. The summed E-state index contributed by atoms with van der Waals surface area (Å²) in [5, 5.41) is 11.7. The molecule has 2 amide bonds. The Balaban J connectivity index is 1.64. The highest BCUT2D eigenvalue weighted by atomic mass is 32.2. The van der Waals surface area contributed by atoms with E-state index in [-0.39, 0.29) is 22.6 Å². The topological polar surface area (TPSA) is 119 Å². The predicted molar refractivity (Wildman–Crippen MR) is 155 cm³/mol. The number of fused-ring (bicyclic) bond motifs is 2. The van der Waals surface area contributed by atoms with Crippen molar-refractivity contribution in [2.75, 3.05) is 51.7 Å². The van der Waals surface area contributed by atoms with Gasteiger partial charge >= 0.3 is 0 Å². The summed E-state index contributed by atoms with van der Waals surface area (Å²) < 4.78 is 27.8. The van der Waals surface area contributed by atoms with Crippen LogP contribution in [0, 0.1) is 0 Å². The number of piperidine rings is 1. The number of carbonyl (C=O) groups excluding carboxylic acids is 3. The quantitative estimate of drug-likeness (QED) is 0.290. The van der Waals surface area contributed by atoms with Gasteiger partial charge in [0.1, 0.15) is 5.76 Å². The van der Waals surface area contributed by atoms with Gasteiger partial charge < -0.3 is 19.8 Å². The van der Waals surface area contributed by atoms with Crippen molar-refractivity contribution < 1.29 is 27.9 Å². The Bertz CT molecular complexity index is 1510. The van der Waals surface area contributed by atoms with Gasteiger partial charge in [-0.15, -0.1) is 0 Å². The van der Waals surface area contributed by atoms with E-state index in [1.165, 1.54) is 38.4 Å². The van der Waals surface area contributed by atoms with Crippen LogP contribution in [0.3, 0.4) is 0 Å². The number of aliphatic hydroxyl groups is 1. The molecule has 0 aliphatic carbocycles. The van der Waals surface area contributed by atoms with Gasteiger partial charge in [-0.05, 0) is 77.2 Å². The molecule has 3 aliphatic heterocycles. The Kier molecular flexibility index (Phi) is 7.80. The number of amides is 2. The molecule has 2 aromatic carbocycles. The van der Waals surface area contributed by atoms with E-state index in [1.807, 2.05) is 25.9 Å². The van der Waals surface area contributed by atoms with Gasteiger partial charge in [0.05, 0.1) is 16.2 Å². The van der Waals surface area contributed by atoms with Crippen LogP contribution in [-0.4, -0.2) is 92.0 Å². The minimum absolute atomic E-state index is 0.0780. The number of likely N-dealkylation sites (tertiary alicyclic amines) is 1. The number of para-hydroxylation sites is 1. The van der Waals surface area contributed by atoms with E-state index in [0.29, 0.717) is 43.9 Å². The lowest BCUT2D eigenvalue weighted by Crippen LogP contribution is -2.52. The number of hydrogen-bond donors (Lipinski definition) is 1. The van der Waals surface area contributed by atoms with Crippen LogP contribution in [0.2, 0.25) is 0 Å². The second-order valence-electron chi connectivity index (χ2n) is 10.9. The lowest BCUT2D eigenvalue weighted by molar-refractivity contribution is -0.143. The molecule has 0 unspecified atom stereocenters. The summed E-state index contributed by atoms with van der Waals surface area (Å²) in [5.74, 6) is -2.79. The van der Waals surface area contributed by atoms with Crippen molar-refractivity contribution in [1.29, 1.82) is 0 Å². The van der Waals surface area contributed by atoms with Gasteiger partial charge in [-0.1, -0.05) is 24.6 Å². The lowest BCUT2D eigenvalue weighted by Gasteiger charge is -2.34. The number of likely N-dealkylation sites (N-methyl/N-ethyl adjacent to an activating group) is 1. The fraction of sp³-hybridized carbons (Fsp3) is 0.433. The average molecular weight is 581 g/mol. The van der Waals surface area contributed by atoms with Crippen molar-refractivity contribution in [2.24, 2.45) is 0 Å². The maximum Gasteiger partial charge on any atom is 0.296 e. The Labute approximate surface area is 240 Å². The monoisotopic (exact) mass is 580 g/mol. The second-order valence-corrected chi connectivity index (χ2v) is 12.9. The number of ketones is 1. The molecule has 1 spiro atoms. The molecule has 11 heteroatoms. The minimum Gasteiger partial charge on any atom is -0.507 e. The fourth-order valence-electron chi connectivity index (χ4n) is 6.21. The molecule has 0 aromatic heterocycles. The highest BCUT2D eigenvalue weighted by molar-refractivity contribution is 7.89. The SMILES string of the molecule is CCN1C(=O)[C@]2(C(=C(O)c3ccc(S(=O)(=O)N4CCCCC4)cc3)C(=O)C(=O)N2CCCN(C)C)c2ccccc21. The van der Waals surface area contributed by atoms with Gasteiger partial charge in [0, 0.05) is 37.3 Å². The second kappa shape index (κ2) is 11.0. The van der Waals surface area contributed by atoms with E-state index in [1.54, 1.807) is 24.3 Å². The van der Waals surface area contributed by atoms with Crippen LogP contribution in [0.5, 0.6) is 0 Å². The summed E-state index contributed by atoms with van der Waals surface area (Å²) in [6, 6.07) is 12.6. The van der Waals surface area contributed by atoms with Crippen molar-refractivity contribution in [1.82, 2.24) is 14.1 Å². The third-order valence-corrected chi connectivity index (χ3v) is 10.1. The first-order valence-corrected chi connectivity index (χ1v) is 15.5. The molecule has 2 fully saturated rings. The molecular formula is C30H36N4O6S. The van der Waals surface area contributed by atoms with E-state index >= 15 is 0 Å². The summed E-state index contributed by atoms with van der Waals surface area (Å²) >= 11 is 0. The number of hydrogen-bond acceptors (Lipinski definition) is 7. The van der Waals surface area contributed by atoms with Gasteiger partial charge in [0.15, 0.2) is 5.54 Å². The van der Waals surface area contributed by atoms with E-state index in [2.05, 4.69) is 0 Å². The third kappa shape index (κ3) is 4.56. The van der Waals surface area contributed by atoms with Crippen LogP contribution in [0.1, 0.15) is 43.7 Å². The number of sulfonamides is 1. The number of nitrogens with zero attached hydrogens (tertiary/aromatic N) is 4. The van der Waals surface area contributed by atoms with Crippen molar-refractivity contribution in [3.63, 3.8) is 0 Å². The highest BCUT2D eigenvalue weighted by Crippen LogP contribution is 2.53. The van der Waals surface area contributed by atoms with Gasteiger partial charge in [-0.3, -0.25) is 14.4 Å². The molecular weight excluding hydrogens is 544 g/mol. The van der Waals surface area contributed by atoms with E-state index in [9.17, 15) is 27.9 Å². The molecule has 2 aromatic rings. The molecule has 218 valence electrons. The zero-order valence-corrected chi connectivity index (χ0v) is 24.5. The van der Waals surface area contributed by atoms with Gasteiger partial charge in [0.25, 0.3) is 17.6 Å². The maximum atomic E-state index is 14.3. The molecule has 10 nitrogen and oxygen atoms in total. The number of aliphatic hydroxyl groups excluding tert-OH is 1. The predicted octanol–water partition coefficient (Wildman–Crippen LogP) is 2.76. The number of Topliss-reactive ketones (excluding diaryl/α,β-unsaturated/α-hetero) is 1. The summed E-state index contributed by atoms with van der Waals surface area (Å²) in [7, 11) is 0.0842. The summed E-state index contributed by atoms with van der Waals surface area (Å²) in [6.07, 6.45) is 3.10. The Morgan fingerprint density at radius 2 is 1.63 bits per heavy atom. The number of anilines is 1. The van der Waals surface area contributed by atoms with Crippen LogP contribution in [-0.2, 0) is 29.9 Å². The first-order chi connectivity index (χ1) is 19.6. The summed E-state index contributed by atoms with van der Waals surface area (Å²) in [6.45, 7) is 3.79. The Morgan fingerprint density at radius 3 is 2.27 bits per heavy atom. The lowest BCUT2D eigenvalue weighted by atomic mass is 9.82. The average Bonchev–Trinajstić information content (AvgIpc) is 3.35. The Hall–Kier alpha value is -3.54. The van der Waals surface area contributed by atoms with Crippen LogP contribution in [0.4, 0.5) is 5.69 Å². The van der Waals surface area contributed by atoms with E-state index < -0.39 is 38.9 Å². The van der Waals surface area contributed by atoms with Crippen molar-refractivity contribution in [3.05, 3.63) is 65.2 Å². The molecule has 3 heterocycles. The molecule has 0 saturated carbocycles. The molecule has 41 heavy (non-hydrogen) atoms. The van der Waals surface area contributed by atoms with E-state index in [4.69, 9.17) is 0 Å². The fourth-order valence-corrected chi connectivity index (χ4v) is 7.73. The summed E-state index contributed by atoms with van der Waals surface area (Å²) in [5.41, 5.74) is -0.938. The zero-order valence-electron chi connectivity index (χ0n) is 23.7. The van der Waals surface area contributed by atoms with Crippen molar-refractivity contribution >= 4 is 39.1 Å². The molecule has 0 radical (unpaired) electrons. The largest absolute Gasteiger partial charge is 0.507 e. The van der Waals surface area contributed by atoms with Gasteiger partial charge in [0.2, 0.25) is 10.0 Å². The van der Waals surface area contributed by atoms with Gasteiger partial charge in [-0.25, -0.2) is 8.42 Å². The number of benzene rings is 2. The molecule has 2 saturated heterocycles. The number of carbonyl (C=O) groups is 3. The molecule has 3 aliphatic rings. The summed E-state index contributed by atoms with van der Waals surface area (Å²) in [4.78, 5) is 46.4. The molecule has 1 atom stereocenters. The van der Waals surface area contributed by atoms with E-state index in [0.717, 1.165) is 19.3 Å². The minimum atomic E-state index is -3.71. The molecule has 0 bridgehead atoms. The zero-order chi connectivity index (χ0) is 29.5. The third-order valence-electron chi connectivity index (χ3n) is 8.19. The first kappa shape index (κ1) is 29.0. The standard InChI is InChI=1S/C30H36N4O6S/c1-4-33-24-12-7-6-11-23(24)30(29(33)38)25(27(36)28(37)34(30)20-10-17-31(2)3)26(35)21-13-15-22(16-14-21)41(39,40)32-18-8-5-9-19-32/h6-7,11-16,35H,4-5,8-10,17-20H2,1-3H3/t30-/m1/s1. The first-order valence-electron chi connectivity index (χ1n) is 14.0. The highest BCUT2D eigenvalue weighted by Gasteiger charge is 2.66. The van der Waals surface area contributed by atoms with Gasteiger partial charge in [-0.2, -0.15) is 4.31 Å². The maximum absolute atomic E-state index is 14.3. The van der Waals surface area contributed by atoms with Crippen LogP contribution >= 0.6 is 0 Å². The van der Waals surface area contributed by atoms with Crippen molar-refractivity contribution in [2.45, 2.75) is 43.0 Å². The molecule has 5 rings (SSSR count). The van der Waals surface area contributed by atoms with Crippen molar-refractivity contribution in [3.8, 4) is 0 Å². The number of rotatable bonds is 8. The smallest absolute Gasteiger partial charge is 0.296 e. The normalized spacial score (nSPS) is 22.8. The van der Waals surface area contributed by atoms with Crippen LogP contribution in [0.25, 0.3) is 5.76 Å². The molecule has 1 N–H and O–H groups in total.